The number of carbonyl (C=O) groups excluding carboxylic acids is 2. The highest BCUT2D eigenvalue weighted by Crippen LogP contribution is 2.23. The fourth-order valence-corrected chi connectivity index (χ4v) is 2.75. The van der Waals surface area contributed by atoms with Gasteiger partial charge >= 0.3 is 5.97 Å². The Hall–Kier alpha value is -2.37. The molecule has 2 atom stereocenters. The van der Waals surface area contributed by atoms with E-state index in [4.69, 9.17) is 5.11 Å². The van der Waals surface area contributed by atoms with Crippen molar-refractivity contribution in [2.24, 2.45) is 5.92 Å². The van der Waals surface area contributed by atoms with Crippen LogP contribution >= 0.6 is 0 Å². The van der Waals surface area contributed by atoms with E-state index in [-0.39, 0.29) is 24.3 Å². The van der Waals surface area contributed by atoms with Crippen LogP contribution in [0.5, 0.6) is 0 Å². The third-order valence-corrected chi connectivity index (χ3v) is 4.26. The number of aryl methyl sites for hydroxylation is 1. The number of carboxylic acids is 1. The summed E-state index contributed by atoms with van der Waals surface area (Å²) in [5.74, 6) is -1.54. The van der Waals surface area contributed by atoms with Gasteiger partial charge in [-0.1, -0.05) is 50.6 Å². The molecular weight excluding hydrogens is 332 g/mol. The van der Waals surface area contributed by atoms with Gasteiger partial charge in [0.2, 0.25) is 11.8 Å². The van der Waals surface area contributed by atoms with E-state index in [1.807, 2.05) is 52.0 Å². The zero-order valence-corrected chi connectivity index (χ0v) is 16.0. The van der Waals surface area contributed by atoms with Crippen LogP contribution in [0, 0.1) is 12.8 Å². The summed E-state index contributed by atoms with van der Waals surface area (Å²) in [5.41, 5.74) is 2.26. The first-order valence-electron chi connectivity index (χ1n) is 9.08. The first kappa shape index (κ1) is 21.7. The average Bonchev–Trinajstić information content (AvgIpc) is 2.57. The number of rotatable bonds is 10. The van der Waals surface area contributed by atoms with E-state index < -0.39 is 17.9 Å². The maximum absolute atomic E-state index is 12.1. The molecule has 1 unspecified atom stereocenters. The second-order valence-electron chi connectivity index (χ2n) is 7.08. The van der Waals surface area contributed by atoms with Crippen LogP contribution in [-0.2, 0) is 14.4 Å². The summed E-state index contributed by atoms with van der Waals surface area (Å²) in [7, 11) is 0. The van der Waals surface area contributed by atoms with Crippen molar-refractivity contribution in [1.29, 1.82) is 0 Å². The molecule has 1 rings (SSSR count). The van der Waals surface area contributed by atoms with Crippen LogP contribution in [0.4, 0.5) is 0 Å². The maximum Gasteiger partial charge on any atom is 0.326 e. The number of carboxylic acid groups (broad SMARTS) is 1. The quantitative estimate of drug-likeness (QED) is 0.596. The lowest BCUT2D eigenvalue weighted by atomic mass is 9.92. The lowest BCUT2D eigenvalue weighted by Crippen LogP contribution is -2.46. The fraction of sp³-hybridized carbons (Fsp3) is 0.550. The fourth-order valence-electron chi connectivity index (χ4n) is 2.75. The summed E-state index contributed by atoms with van der Waals surface area (Å²) in [6.07, 6.45) is 1.46. The third kappa shape index (κ3) is 7.68. The number of aliphatic carboxylic acids is 1. The highest BCUT2D eigenvalue weighted by Gasteiger charge is 2.21. The molecule has 0 bridgehead atoms. The summed E-state index contributed by atoms with van der Waals surface area (Å²) in [6, 6.07) is 7.14. The largest absolute Gasteiger partial charge is 0.480 e. The molecule has 1 aromatic carbocycles. The Bertz CT molecular complexity index is 611. The van der Waals surface area contributed by atoms with Crippen LogP contribution in [0.2, 0.25) is 0 Å². The van der Waals surface area contributed by atoms with E-state index in [0.29, 0.717) is 12.8 Å². The standard InChI is InChI=1S/C20H30N2O4/c1-5-15(16-8-6-14(4)7-9-16)11-18(23)21-12-19(24)22-17(20(25)26)10-13(2)3/h6-9,13,15,17H,5,10-12H2,1-4H3,(H,21,23)(H,22,24)(H,25,26)/t15?,17-/m0/s1. The Balaban J connectivity index is 2.50. The summed E-state index contributed by atoms with van der Waals surface area (Å²) in [4.78, 5) is 35.2. The number of carbonyl (C=O) groups is 3. The summed E-state index contributed by atoms with van der Waals surface area (Å²) in [5, 5.41) is 14.2. The molecule has 0 aliphatic carbocycles. The van der Waals surface area contributed by atoms with Crippen LogP contribution in [0.15, 0.2) is 24.3 Å². The van der Waals surface area contributed by atoms with Gasteiger partial charge in [-0.2, -0.15) is 0 Å². The van der Waals surface area contributed by atoms with Crippen molar-refractivity contribution in [3.8, 4) is 0 Å². The van der Waals surface area contributed by atoms with Crippen molar-refractivity contribution in [3.05, 3.63) is 35.4 Å². The minimum atomic E-state index is -1.07. The topological polar surface area (TPSA) is 95.5 Å². The Kier molecular flexibility index (Phi) is 8.82. The van der Waals surface area contributed by atoms with Crippen LogP contribution < -0.4 is 10.6 Å². The molecule has 0 spiro atoms. The predicted molar refractivity (Wildman–Crippen MR) is 101 cm³/mol. The van der Waals surface area contributed by atoms with Crippen molar-refractivity contribution in [2.75, 3.05) is 6.54 Å². The van der Waals surface area contributed by atoms with Crippen molar-refractivity contribution in [1.82, 2.24) is 10.6 Å². The van der Waals surface area contributed by atoms with Gasteiger partial charge in [-0.3, -0.25) is 9.59 Å². The molecule has 6 heteroatoms. The van der Waals surface area contributed by atoms with Gasteiger partial charge in [0.15, 0.2) is 0 Å². The van der Waals surface area contributed by atoms with E-state index in [1.165, 1.54) is 5.56 Å². The highest BCUT2D eigenvalue weighted by molar-refractivity contribution is 5.88. The SMILES string of the molecule is CCC(CC(=O)NCC(=O)N[C@@H](CC(C)C)C(=O)O)c1ccc(C)cc1. The zero-order valence-electron chi connectivity index (χ0n) is 16.0. The Morgan fingerprint density at radius 1 is 1.08 bits per heavy atom. The average molecular weight is 362 g/mol. The van der Waals surface area contributed by atoms with Gasteiger partial charge in [-0.25, -0.2) is 4.79 Å². The molecular formula is C20H30N2O4. The molecule has 144 valence electrons. The van der Waals surface area contributed by atoms with Crippen molar-refractivity contribution in [2.45, 2.75) is 58.9 Å². The molecule has 0 fully saturated rings. The van der Waals surface area contributed by atoms with Crippen molar-refractivity contribution < 1.29 is 19.5 Å². The monoisotopic (exact) mass is 362 g/mol. The molecule has 0 radical (unpaired) electrons. The molecule has 3 N–H and O–H groups in total. The van der Waals surface area contributed by atoms with E-state index in [9.17, 15) is 14.4 Å². The zero-order chi connectivity index (χ0) is 19.7. The molecule has 0 saturated carbocycles. The van der Waals surface area contributed by atoms with Crippen LogP contribution in [0.3, 0.4) is 0 Å². The van der Waals surface area contributed by atoms with Gasteiger partial charge in [0.25, 0.3) is 0 Å². The predicted octanol–water partition coefficient (Wildman–Crippen LogP) is 2.61. The third-order valence-electron chi connectivity index (χ3n) is 4.26. The molecule has 0 saturated heterocycles. The number of benzene rings is 1. The molecule has 26 heavy (non-hydrogen) atoms. The summed E-state index contributed by atoms with van der Waals surface area (Å²) >= 11 is 0. The van der Waals surface area contributed by atoms with Crippen molar-refractivity contribution in [3.63, 3.8) is 0 Å². The molecule has 0 aliphatic rings. The van der Waals surface area contributed by atoms with Crippen LogP contribution in [-0.4, -0.2) is 35.5 Å². The second kappa shape index (κ2) is 10.6. The van der Waals surface area contributed by atoms with Crippen LogP contribution in [0.1, 0.15) is 57.1 Å². The summed E-state index contributed by atoms with van der Waals surface area (Å²) in [6.45, 7) is 7.60. The number of hydrogen-bond donors (Lipinski definition) is 3. The second-order valence-corrected chi connectivity index (χ2v) is 7.08. The summed E-state index contributed by atoms with van der Waals surface area (Å²) < 4.78 is 0. The maximum atomic E-state index is 12.1. The van der Waals surface area contributed by atoms with Gasteiger partial charge in [0, 0.05) is 6.42 Å². The van der Waals surface area contributed by atoms with Gasteiger partial charge in [-0.05, 0) is 37.2 Å². The minimum Gasteiger partial charge on any atom is -0.480 e. The Morgan fingerprint density at radius 2 is 1.69 bits per heavy atom. The van der Waals surface area contributed by atoms with E-state index in [0.717, 1.165) is 12.0 Å². The molecule has 0 aliphatic heterocycles. The van der Waals surface area contributed by atoms with E-state index >= 15 is 0 Å². The smallest absolute Gasteiger partial charge is 0.326 e. The Labute approximate surface area is 155 Å². The van der Waals surface area contributed by atoms with Crippen LogP contribution in [0.25, 0.3) is 0 Å². The van der Waals surface area contributed by atoms with Gasteiger partial charge in [0.1, 0.15) is 6.04 Å². The normalized spacial score (nSPS) is 13.1. The first-order chi connectivity index (χ1) is 12.2. The molecule has 0 aromatic heterocycles. The van der Waals surface area contributed by atoms with E-state index in [1.54, 1.807) is 0 Å². The van der Waals surface area contributed by atoms with Gasteiger partial charge in [-0.15, -0.1) is 0 Å². The van der Waals surface area contributed by atoms with Gasteiger partial charge in [0.05, 0.1) is 6.54 Å². The lowest BCUT2D eigenvalue weighted by molar-refractivity contribution is -0.142. The lowest BCUT2D eigenvalue weighted by Gasteiger charge is -2.18. The first-order valence-corrected chi connectivity index (χ1v) is 9.08. The van der Waals surface area contributed by atoms with Gasteiger partial charge < -0.3 is 15.7 Å². The number of nitrogens with one attached hydrogen (secondary N) is 2. The minimum absolute atomic E-state index is 0.0892. The number of amides is 2. The molecule has 2 amide bonds. The highest BCUT2D eigenvalue weighted by atomic mass is 16.4. The molecule has 1 aromatic rings. The van der Waals surface area contributed by atoms with Crippen molar-refractivity contribution >= 4 is 17.8 Å². The molecule has 0 heterocycles. The Morgan fingerprint density at radius 3 is 2.19 bits per heavy atom. The number of hydrogen-bond acceptors (Lipinski definition) is 3. The molecule has 6 nitrogen and oxygen atoms in total. The van der Waals surface area contributed by atoms with E-state index in [2.05, 4.69) is 10.6 Å².